The van der Waals surface area contributed by atoms with Crippen LogP contribution in [0.4, 0.5) is 13.2 Å². The normalized spacial score (nSPS) is 12.9. The molecule has 0 amide bonds. The largest absolute Gasteiger partial charge is 0.413 e. The molecule has 0 aromatic heterocycles. The molecule has 0 spiro atoms. The molecular formula is C5H7F3O3S. The average molecular weight is 204 g/mol. The molecule has 0 heterocycles. The standard InChI is InChI=1S/C5H7F3O3S/c1-2-3-12(9,10)11-4-5(6,7)8/h2H,1,3-4H2. The van der Waals surface area contributed by atoms with E-state index in [2.05, 4.69) is 10.8 Å². The van der Waals surface area contributed by atoms with E-state index in [1.165, 1.54) is 0 Å². The Labute approximate surface area is 68.0 Å². The molecule has 0 saturated heterocycles. The van der Waals surface area contributed by atoms with Gasteiger partial charge in [-0.3, -0.25) is 4.18 Å². The fourth-order valence-electron chi connectivity index (χ4n) is 0.349. The lowest BCUT2D eigenvalue weighted by Crippen LogP contribution is -2.21. The van der Waals surface area contributed by atoms with Crippen LogP contribution in [0.5, 0.6) is 0 Å². The lowest BCUT2D eigenvalue weighted by atomic mass is 10.7. The maximum Gasteiger partial charge on any atom is 0.413 e. The molecule has 0 fully saturated rings. The summed E-state index contributed by atoms with van der Waals surface area (Å²) in [6.07, 6.45) is -3.68. The summed E-state index contributed by atoms with van der Waals surface area (Å²) in [5, 5.41) is 0. The lowest BCUT2D eigenvalue weighted by molar-refractivity contribution is -0.152. The molecule has 72 valence electrons. The fraction of sp³-hybridized carbons (Fsp3) is 0.600. The van der Waals surface area contributed by atoms with Gasteiger partial charge in [-0.25, -0.2) is 0 Å². The molecule has 0 N–H and O–H groups in total. The molecule has 0 atom stereocenters. The van der Waals surface area contributed by atoms with Gasteiger partial charge in [0.2, 0.25) is 0 Å². The van der Waals surface area contributed by atoms with Crippen LogP contribution in [0.3, 0.4) is 0 Å². The second-order valence-electron chi connectivity index (χ2n) is 1.89. The highest BCUT2D eigenvalue weighted by Crippen LogP contribution is 2.15. The Hall–Kier alpha value is -0.560. The maximum absolute atomic E-state index is 11.4. The number of alkyl halides is 3. The van der Waals surface area contributed by atoms with Gasteiger partial charge in [0, 0.05) is 0 Å². The van der Waals surface area contributed by atoms with Gasteiger partial charge in [0.15, 0.2) is 6.61 Å². The minimum atomic E-state index is -4.63. The molecule has 7 heteroatoms. The Morgan fingerprint density at radius 3 is 2.25 bits per heavy atom. The quantitative estimate of drug-likeness (QED) is 0.508. The van der Waals surface area contributed by atoms with Gasteiger partial charge < -0.3 is 0 Å². The molecule has 0 rings (SSSR count). The first kappa shape index (κ1) is 11.4. The van der Waals surface area contributed by atoms with Gasteiger partial charge in [-0.2, -0.15) is 21.6 Å². The lowest BCUT2D eigenvalue weighted by Gasteiger charge is -2.05. The Kier molecular flexibility index (Phi) is 3.72. The SMILES string of the molecule is C=CCS(=O)(=O)OCC(F)(F)F. The third kappa shape index (κ3) is 6.17. The van der Waals surface area contributed by atoms with Crippen LogP contribution < -0.4 is 0 Å². The van der Waals surface area contributed by atoms with Crippen molar-refractivity contribution in [2.75, 3.05) is 12.4 Å². The van der Waals surface area contributed by atoms with E-state index < -0.39 is 28.7 Å². The zero-order valence-electron chi connectivity index (χ0n) is 5.97. The fourth-order valence-corrected chi connectivity index (χ4v) is 1.05. The smallest absolute Gasteiger partial charge is 0.260 e. The van der Waals surface area contributed by atoms with Gasteiger partial charge in [-0.05, 0) is 0 Å². The second kappa shape index (κ2) is 3.90. The molecule has 0 unspecified atom stereocenters. The molecule has 0 aliphatic heterocycles. The van der Waals surface area contributed by atoms with E-state index >= 15 is 0 Å². The van der Waals surface area contributed by atoms with Crippen molar-refractivity contribution < 1.29 is 25.8 Å². The van der Waals surface area contributed by atoms with Crippen molar-refractivity contribution in [2.45, 2.75) is 6.18 Å². The summed E-state index contributed by atoms with van der Waals surface area (Å²) in [6, 6.07) is 0. The van der Waals surface area contributed by atoms with Crippen LogP contribution in [0.25, 0.3) is 0 Å². The number of halogens is 3. The summed E-state index contributed by atoms with van der Waals surface area (Å²) >= 11 is 0. The van der Waals surface area contributed by atoms with Crippen molar-refractivity contribution in [3.05, 3.63) is 12.7 Å². The number of hydrogen-bond donors (Lipinski definition) is 0. The molecular weight excluding hydrogens is 197 g/mol. The minimum absolute atomic E-state index is 0.622. The van der Waals surface area contributed by atoms with E-state index in [0.717, 1.165) is 6.08 Å². The van der Waals surface area contributed by atoms with Crippen LogP contribution >= 0.6 is 0 Å². The molecule has 0 aliphatic rings. The second-order valence-corrected chi connectivity index (χ2v) is 3.57. The average Bonchev–Trinajstić information content (AvgIpc) is 1.83. The molecule has 0 aliphatic carbocycles. The van der Waals surface area contributed by atoms with Crippen molar-refractivity contribution >= 4 is 10.1 Å². The Morgan fingerprint density at radius 2 is 1.92 bits per heavy atom. The predicted octanol–water partition coefficient (Wildman–Crippen LogP) is 1.08. The Balaban J connectivity index is 4.02. The Bertz CT molecular complexity index is 241. The van der Waals surface area contributed by atoms with Crippen LogP contribution in [-0.4, -0.2) is 27.0 Å². The van der Waals surface area contributed by atoms with Crippen molar-refractivity contribution in [3.63, 3.8) is 0 Å². The van der Waals surface area contributed by atoms with Crippen molar-refractivity contribution in [2.24, 2.45) is 0 Å². The van der Waals surface area contributed by atoms with Crippen molar-refractivity contribution in [1.82, 2.24) is 0 Å². The zero-order valence-corrected chi connectivity index (χ0v) is 6.78. The van der Waals surface area contributed by atoms with Gasteiger partial charge >= 0.3 is 6.18 Å². The maximum atomic E-state index is 11.4. The van der Waals surface area contributed by atoms with Crippen LogP contribution in [0, 0.1) is 0 Å². The molecule has 0 aromatic carbocycles. The van der Waals surface area contributed by atoms with Crippen molar-refractivity contribution in [3.8, 4) is 0 Å². The first-order valence-corrected chi connectivity index (χ1v) is 4.39. The van der Waals surface area contributed by atoms with E-state index in [-0.39, 0.29) is 0 Å². The van der Waals surface area contributed by atoms with Crippen molar-refractivity contribution in [1.29, 1.82) is 0 Å². The van der Waals surface area contributed by atoms with Gasteiger partial charge in [0.25, 0.3) is 10.1 Å². The summed E-state index contributed by atoms with van der Waals surface area (Å²) in [7, 11) is -4.10. The van der Waals surface area contributed by atoms with Crippen LogP contribution in [-0.2, 0) is 14.3 Å². The predicted molar refractivity (Wildman–Crippen MR) is 36.0 cm³/mol. The highest BCUT2D eigenvalue weighted by atomic mass is 32.2. The highest BCUT2D eigenvalue weighted by molar-refractivity contribution is 7.86. The summed E-state index contributed by atoms with van der Waals surface area (Å²) in [5.41, 5.74) is 0. The summed E-state index contributed by atoms with van der Waals surface area (Å²) < 4.78 is 58.8. The third-order valence-corrected chi connectivity index (χ3v) is 1.85. The van der Waals surface area contributed by atoms with E-state index in [0.29, 0.717) is 0 Å². The molecule has 0 saturated carbocycles. The molecule has 3 nitrogen and oxygen atoms in total. The van der Waals surface area contributed by atoms with Gasteiger partial charge in [-0.1, -0.05) is 6.08 Å². The number of rotatable bonds is 4. The van der Waals surface area contributed by atoms with E-state index in [1.807, 2.05) is 0 Å². The first-order valence-electron chi connectivity index (χ1n) is 2.81. The van der Waals surface area contributed by atoms with E-state index in [4.69, 9.17) is 0 Å². The summed E-state index contributed by atoms with van der Waals surface area (Å²) in [6.45, 7) is 1.26. The third-order valence-electron chi connectivity index (χ3n) is 0.724. The van der Waals surface area contributed by atoms with Crippen LogP contribution in [0.15, 0.2) is 12.7 Å². The summed E-state index contributed by atoms with van der Waals surface area (Å²) in [5.74, 6) is -0.622. The Morgan fingerprint density at radius 1 is 1.42 bits per heavy atom. The summed E-state index contributed by atoms with van der Waals surface area (Å²) in [4.78, 5) is 0. The van der Waals surface area contributed by atoms with E-state index in [9.17, 15) is 21.6 Å². The topological polar surface area (TPSA) is 43.4 Å². The first-order chi connectivity index (χ1) is 5.27. The van der Waals surface area contributed by atoms with Crippen LogP contribution in [0.2, 0.25) is 0 Å². The number of hydrogen-bond acceptors (Lipinski definition) is 3. The van der Waals surface area contributed by atoms with Gasteiger partial charge in [-0.15, -0.1) is 6.58 Å². The van der Waals surface area contributed by atoms with E-state index in [1.54, 1.807) is 0 Å². The van der Waals surface area contributed by atoms with Gasteiger partial charge in [0.05, 0.1) is 5.75 Å². The molecule has 12 heavy (non-hydrogen) atoms. The molecule has 0 radical (unpaired) electrons. The van der Waals surface area contributed by atoms with Gasteiger partial charge in [0.1, 0.15) is 0 Å². The highest BCUT2D eigenvalue weighted by Gasteiger charge is 2.30. The minimum Gasteiger partial charge on any atom is -0.260 e. The zero-order chi connectivity index (χ0) is 9.83. The molecule has 0 aromatic rings. The monoisotopic (exact) mass is 204 g/mol. The van der Waals surface area contributed by atoms with Crippen LogP contribution in [0.1, 0.15) is 0 Å². The molecule has 0 bridgehead atoms.